The van der Waals surface area contributed by atoms with Crippen LogP contribution in [-0.2, 0) is 9.59 Å². The van der Waals surface area contributed by atoms with E-state index in [1.807, 2.05) is 0 Å². The number of halogens is 2. The molecule has 2 fully saturated rings. The van der Waals surface area contributed by atoms with Gasteiger partial charge in [0.1, 0.15) is 0 Å². The Morgan fingerprint density at radius 2 is 1.65 bits per heavy atom. The molecule has 0 heterocycles. The van der Waals surface area contributed by atoms with E-state index in [0.29, 0.717) is 12.8 Å². The van der Waals surface area contributed by atoms with Gasteiger partial charge in [0, 0.05) is 25.3 Å². The molecule has 0 bridgehead atoms. The number of carbonyl (C=O) groups is 2. The lowest BCUT2D eigenvalue weighted by Crippen LogP contribution is -2.44. The summed E-state index contributed by atoms with van der Waals surface area (Å²) in [7, 11) is 0. The van der Waals surface area contributed by atoms with E-state index in [4.69, 9.17) is 0 Å². The van der Waals surface area contributed by atoms with Crippen molar-refractivity contribution in [3.05, 3.63) is 0 Å². The van der Waals surface area contributed by atoms with Gasteiger partial charge in [0.2, 0.25) is 11.8 Å². The zero-order valence-electron chi connectivity index (χ0n) is 11.5. The highest BCUT2D eigenvalue weighted by atomic mass is 19.3. The fourth-order valence-corrected chi connectivity index (χ4v) is 3.22. The molecule has 0 aromatic carbocycles. The Bertz CT molecular complexity index is 382. The molecule has 0 aliphatic heterocycles. The maximum atomic E-state index is 13.0. The van der Waals surface area contributed by atoms with Crippen LogP contribution < -0.4 is 5.32 Å². The number of hydrogen-bond acceptors (Lipinski definition) is 2. The number of aliphatic carboxylic acids is 1. The van der Waals surface area contributed by atoms with E-state index in [1.165, 1.54) is 0 Å². The van der Waals surface area contributed by atoms with Crippen LogP contribution in [0.5, 0.6) is 0 Å². The highest BCUT2D eigenvalue weighted by Gasteiger charge is 2.42. The first-order chi connectivity index (χ1) is 9.35. The number of rotatable bonds is 4. The summed E-state index contributed by atoms with van der Waals surface area (Å²) in [6.45, 7) is 0.119. The SMILES string of the molecule is O=C(NCC1(C(=O)O)CCCC1)C1CCC(F)(F)CC1. The highest BCUT2D eigenvalue weighted by Crippen LogP contribution is 2.39. The Labute approximate surface area is 116 Å². The number of nitrogens with one attached hydrogen (secondary N) is 1. The molecule has 0 atom stereocenters. The Morgan fingerprint density at radius 1 is 1.10 bits per heavy atom. The molecule has 6 heteroatoms. The van der Waals surface area contributed by atoms with Crippen molar-refractivity contribution in [3.63, 3.8) is 0 Å². The minimum Gasteiger partial charge on any atom is -0.481 e. The molecule has 0 radical (unpaired) electrons. The average Bonchev–Trinajstić information content (AvgIpc) is 2.86. The first-order valence-corrected chi connectivity index (χ1v) is 7.24. The molecule has 20 heavy (non-hydrogen) atoms. The van der Waals surface area contributed by atoms with E-state index in [0.717, 1.165) is 12.8 Å². The highest BCUT2D eigenvalue weighted by molar-refractivity contribution is 5.81. The van der Waals surface area contributed by atoms with E-state index in [2.05, 4.69) is 5.32 Å². The van der Waals surface area contributed by atoms with Gasteiger partial charge in [-0.25, -0.2) is 8.78 Å². The van der Waals surface area contributed by atoms with Gasteiger partial charge in [-0.1, -0.05) is 12.8 Å². The molecule has 1 amide bonds. The summed E-state index contributed by atoms with van der Waals surface area (Å²) in [4.78, 5) is 23.3. The number of carbonyl (C=O) groups excluding carboxylic acids is 1. The Hall–Kier alpha value is -1.20. The van der Waals surface area contributed by atoms with E-state index < -0.39 is 23.2 Å². The van der Waals surface area contributed by atoms with Crippen LogP contribution in [0.2, 0.25) is 0 Å². The molecule has 4 nitrogen and oxygen atoms in total. The van der Waals surface area contributed by atoms with Crippen molar-refractivity contribution in [2.75, 3.05) is 6.54 Å². The first kappa shape index (κ1) is 15.2. The normalized spacial score (nSPS) is 25.3. The lowest BCUT2D eigenvalue weighted by atomic mass is 9.84. The number of amides is 1. The summed E-state index contributed by atoms with van der Waals surface area (Å²) in [5.41, 5.74) is -0.853. The van der Waals surface area contributed by atoms with Crippen molar-refractivity contribution in [2.24, 2.45) is 11.3 Å². The molecule has 2 N–H and O–H groups in total. The second-order valence-electron chi connectivity index (χ2n) is 6.14. The van der Waals surface area contributed by atoms with Gasteiger partial charge in [-0.3, -0.25) is 9.59 Å². The summed E-state index contributed by atoms with van der Waals surface area (Å²) in [5.74, 6) is -4.19. The zero-order chi connectivity index (χ0) is 14.8. The van der Waals surface area contributed by atoms with Crippen LogP contribution in [-0.4, -0.2) is 29.5 Å². The fraction of sp³-hybridized carbons (Fsp3) is 0.857. The lowest BCUT2D eigenvalue weighted by Gasteiger charge is -2.29. The van der Waals surface area contributed by atoms with Crippen LogP contribution >= 0.6 is 0 Å². The van der Waals surface area contributed by atoms with Gasteiger partial charge >= 0.3 is 5.97 Å². The summed E-state index contributed by atoms with van der Waals surface area (Å²) < 4.78 is 26.1. The fourth-order valence-electron chi connectivity index (χ4n) is 3.22. The first-order valence-electron chi connectivity index (χ1n) is 7.24. The molecule has 2 aliphatic carbocycles. The second-order valence-corrected chi connectivity index (χ2v) is 6.14. The topological polar surface area (TPSA) is 66.4 Å². The zero-order valence-corrected chi connectivity index (χ0v) is 11.5. The molecule has 2 saturated carbocycles. The molecular weight excluding hydrogens is 268 g/mol. The van der Waals surface area contributed by atoms with Gasteiger partial charge < -0.3 is 10.4 Å². The largest absolute Gasteiger partial charge is 0.481 e. The van der Waals surface area contributed by atoms with E-state index in [9.17, 15) is 23.5 Å². The van der Waals surface area contributed by atoms with Crippen LogP contribution in [0.1, 0.15) is 51.4 Å². The van der Waals surface area contributed by atoms with Crippen molar-refractivity contribution in [1.82, 2.24) is 5.32 Å². The Kier molecular flexibility index (Phi) is 4.30. The van der Waals surface area contributed by atoms with Gasteiger partial charge in [-0.15, -0.1) is 0 Å². The maximum Gasteiger partial charge on any atom is 0.311 e. The van der Waals surface area contributed by atoms with Crippen LogP contribution in [0.4, 0.5) is 8.78 Å². The number of hydrogen-bond donors (Lipinski definition) is 2. The quantitative estimate of drug-likeness (QED) is 0.836. The molecule has 2 aliphatic rings. The molecule has 0 unspecified atom stereocenters. The third-order valence-electron chi connectivity index (χ3n) is 4.70. The molecule has 0 aromatic rings. The molecule has 0 aromatic heterocycles. The molecule has 114 valence electrons. The lowest BCUT2D eigenvalue weighted by molar-refractivity contribution is -0.148. The molecule has 0 spiro atoms. The smallest absolute Gasteiger partial charge is 0.311 e. The van der Waals surface area contributed by atoms with Crippen molar-refractivity contribution in [2.45, 2.75) is 57.3 Å². The summed E-state index contributed by atoms with van der Waals surface area (Å²) >= 11 is 0. The third-order valence-corrected chi connectivity index (χ3v) is 4.70. The van der Waals surface area contributed by atoms with Gasteiger partial charge in [-0.2, -0.15) is 0 Å². The minimum absolute atomic E-state index is 0.119. The van der Waals surface area contributed by atoms with Gasteiger partial charge in [0.15, 0.2) is 0 Å². The van der Waals surface area contributed by atoms with Gasteiger partial charge in [0.05, 0.1) is 5.41 Å². The van der Waals surface area contributed by atoms with E-state index >= 15 is 0 Å². The Balaban J connectivity index is 1.84. The number of carboxylic acids is 1. The van der Waals surface area contributed by atoms with Crippen molar-refractivity contribution in [3.8, 4) is 0 Å². The van der Waals surface area contributed by atoms with Crippen LogP contribution in [0.15, 0.2) is 0 Å². The van der Waals surface area contributed by atoms with Gasteiger partial charge in [-0.05, 0) is 25.7 Å². The monoisotopic (exact) mass is 289 g/mol. The molecule has 0 saturated heterocycles. The summed E-state index contributed by atoms with van der Waals surface area (Å²) in [6, 6.07) is 0. The van der Waals surface area contributed by atoms with E-state index in [-0.39, 0.29) is 38.1 Å². The maximum absolute atomic E-state index is 13.0. The average molecular weight is 289 g/mol. The second kappa shape index (κ2) is 5.66. The molecule has 2 rings (SSSR count). The van der Waals surface area contributed by atoms with E-state index in [1.54, 1.807) is 0 Å². The summed E-state index contributed by atoms with van der Waals surface area (Å²) in [6.07, 6.45) is 2.72. The van der Waals surface area contributed by atoms with Crippen LogP contribution in [0.25, 0.3) is 0 Å². The summed E-state index contributed by atoms with van der Waals surface area (Å²) in [5, 5.41) is 12.0. The predicted octanol–water partition coefficient (Wildman–Crippen LogP) is 2.57. The van der Waals surface area contributed by atoms with Crippen molar-refractivity contribution < 1.29 is 23.5 Å². The van der Waals surface area contributed by atoms with Crippen molar-refractivity contribution >= 4 is 11.9 Å². The Morgan fingerprint density at radius 3 is 2.15 bits per heavy atom. The number of carboxylic acid groups (broad SMARTS) is 1. The third kappa shape index (κ3) is 3.27. The van der Waals surface area contributed by atoms with Gasteiger partial charge in [0.25, 0.3) is 0 Å². The van der Waals surface area contributed by atoms with Crippen LogP contribution in [0, 0.1) is 11.3 Å². The van der Waals surface area contributed by atoms with Crippen LogP contribution in [0.3, 0.4) is 0 Å². The van der Waals surface area contributed by atoms with Crippen molar-refractivity contribution in [1.29, 1.82) is 0 Å². The minimum atomic E-state index is -2.65. The molecular formula is C14H21F2NO3. The number of alkyl halides is 2. The predicted molar refractivity (Wildman–Crippen MR) is 68.5 cm³/mol. The standard InChI is InChI=1S/C14H21F2NO3/c15-14(16)7-3-10(4-8-14)11(18)17-9-13(12(19)20)5-1-2-6-13/h10H,1-9H2,(H,17,18)(H,19,20).